The molecule has 3 nitrogen and oxygen atoms in total. The van der Waals surface area contributed by atoms with Crippen LogP contribution in [0.1, 0.15) is 39.7 Å². The molecule has 0 aromatic heterocycles. The van der Waals surface area contributed by atoms with Crippen molar-refractivity contribution in [1.29, 1.82) is 0 Å². The van der Waals surface area contributed by atoms with E-state index in [1.807, 2.05) is 0 Å². The van der Waals surface area contributed by atoms with Gasteiger partial charge in [-0.25, -0.2) is 4.39 Å². The summed E-state index contributed by atoms with van der Waals surface area (Å²) < 4.78 is 67.6. The molecule has 1 aliphatic heterocycles. The van der Waals surface area contributed by atoms with Crippen molar-refractivity contribution in [3.05, 3.63) is 35.6 Å². The standard InChI is InChI=1S/C17H21BF4O3/c1-15(2)16(3,4)25-18(24-15)14(19)11-12-7-5-6-8-13(12)23-10-9-17(20,21)22/h5-8,11H,9-10H2,1-4H3. The molecule has 138 valence electrons. The molecular formula is C17H21BF4O3. The quantitative estimate of drug-likeness (QED) is 0.549. The van der Waals surface area contributed by atoms with Crippen molar-refractivity contribution in [2.45, 2.75) is 51.5 Å². The molecule has 1 aromatic rings. The molecule has 1 aromatic carbocycles. The van der Waals surface area contributed by atoms with E-state index in [1.54, 1.807) is 45.9 Å². The second kappa shape index (κ2) is 7.00. The Kier molecular flexibility index (Phi) is 5.54. The molecule has 0 aliphatic carbocycles. The van der Waals surface area contributed by atoms with Gasteiger partial charge in [0.1, 0.15) is 11.5 Å². The summed E-state index contributed by atoms with van der Waals surface area (Å²) in [6.45, 7) is 6.67. The lowest BCUT2D eigenvalue weighted by atomic mass is 9.86. The highest BCUT2D eigenvalue weighted by Crippen LogP contribution is 2.39. The number of hydrogen-bond donors (Lipinski definition) is 0. The molecule has 1 fully saturated rings. The van der Waals surface area contributed by atoms with Gasteiger partial charge in [-0.05, 0) is 39.8 Å². The van der Waals surface area contributed by atoms with Crippen molar-refractivity contribution in [3.63, 3.8) is 0 Å². The van der Waals surface area contributed by atoms with E-state index in [1.165, 1.54) is 6.07 Å². The lowest BCUT2D eigenvalue weighted by Gasteiger charge is -2.32. The van der Waals surface area contributed by atoms with Gasteiger partial charge < -0.3 is 14.0 Å². The first kappa shape index (κ1) is 19.8. The van der Waals surface area contributed by atoms with Crippen LogP contribution >= 0.6 is 0 Å². The molecule has 0 spiro atoms. The van der Waals surface area contributed by atoms with Crippen molar-refractivity contribution in [3.8, 4) is 5.75 Å². The minimum atomic E-state index is -4.31. The van der Waals surface area contributed by atoms with Crippen LogP contribution in [0.25, 0.3) is 6.08 Å². The van der Waals surface area contributed by atoms with Gasteiger partial charge in [-0.2, -0.15) is 13.2 Å². The van der Waals surface area contributed by atoms with Crippen molar-refractivity contribution < 1.29 is 31.6 Å². The Morgan fingerprint density at radius 2 is 1.68 bits per heavy atom. The lowest BCUT2D eigenvalue weighted by Crippen LogP contribution is -2.41. The fraction of sp³-hybridized carbons (Fsp3) is 0.529. The van der Waals surface area contributed by atoms with E-state index < -0.39 is 43.3 Å². The molecule has 0 amide bonds. The summed E-state index contributed by atoms with van der Waals surface area (Å²) >= 11 is 0. The van der Waals surface area contributed by atoms with E-state index in [9.17, 15) is 17.6 Å². The third-order valence-corrected chi connectivity index (χ3v) is 4.33. The Morgan fingerprint density at radius 3 is 2.24 bits per heavy atom. The average molecular weight is 360 g/mol. The van der Waals surface area contributed by atoms with Crippen LogP contribution in [0.2, 0.25) is 0 Å². The molecule has 1 aliphatic rings. The Bertz CT molecular complexity index is 625. The van der Waals surface area contributed by atoms with Crippen LogP contribution in [0.5, 0.6) is 5.75 Å². The van der Waals surface area contributed by atoms with Gasteiger partial charge in [0.05, 0.1) is 24.2 Å². The van der Waals surface area contributed by atoms with Gasteiger partial charge in [0, 0.05) is 5.56 Å². The summed E-state index contributed by atoms with van der Waals surface area (Å²) in [7, 11) is -1.17. The largest absolute Gasteiger partial charge is 0.525 e. The molecule has 8 heteroatoms. The molecule has 0 saturated carbocycles. The molecule has 0 unspecified atom stereocenters. The first-order valence-corrected chi connectivity index (χ1v) is 7.93. The van der Waals surface area contributed by atoms with Gasteiger partial charge in [0.15, 0.2) is 0 Å². The normalized spacial score (nSPS) is 20.0. The number of ether oxygens (including phenoxy) is 1. The van der Waals surface area contributed by atoms with E-state index in [0.717, 1.165) is 6.08 Å². The van der Waals surface area contributed by atoms with Gasteiger partial charge >= 0.3 is 13.3 Å². The summed E-state index contributed by atoms with van der Waals surface area (Å²) in [5.41, 5.74) is -1.74. The van der Waals surface area contributed by atoms with Crippen LogP contribution < -0.4 is 4.74 Å². The second-order valence-corrected chi connectivity index (χ2v) is 6.87. The molecule has 25 heavy (non-hydrogen) atoms. The van der Waals surface area contributed by atoms with Gasteiger partial charge in [0.2, 0.25) is 0 Å². The van der Waals surface area contributed by atoms with Crippen molar-refractivity contribution in [1.82, 2.24) is 0 Å². The lowest BCUT2D eigenvalue weighted by molar-refractivity contribution is -0.139. The third-order valence-electron chi connectivity index (χ3n) is 4.33. The maximum atomic E-state index is 14.5. The molecular weight excluding hydrogens is 339 g/mol. The third kappa shape index (κ3) is 4.98. The number of halogens is 4. The zero-order chi connectivity index (χ0) is 18.9. The van der Waals surface area contributed by atoms with Gasteiger partial charge in [-0.1, -0.05) is 18.2 Å². The van der Waals surface area contributed by atoms with Crippen molar-refractivity contribution >= 4 is 13.2 Å². The first-order valence-electron chi connectivity index (χ1n) is 7.93. The van der Waals surface area contributed by atoms with Crippen LogP contribution in [0.4, 0.5) is 17.6 Å². The van der Waals surface area contributed by atoms with Gasteiger partial charge in [-0.3, -0.25) is 0 Å². The maximum Gasteiger partial charge on any atom is 0.525 e. The summed E-state index contributed by atoms with van der Waals surface area (Å²) in [4.78, 5) is 0. The predicted octanol–water partition coefficient (Wildman–Crippen LogP) is 4.96. The van der Waals surface area contributed by atoms with E-state index in [-0.39, 0.29) is 5.75 Å². The zero-order valence-corrected chi connectivity index (χ0v) is 14.6. The zero-order valence-electron chi connectivity index (χ0n) is 14.6. The minimum Gasteiger partial charge on any atom is -0.493 e. The molecule has 1 saturated heterocycles. The number of rotatable bonds is 5. The average Bonchev–Trinajstić information content (AvgIpc) is 2.68. The highest BCUT2D eigenvalue weighted by molar-refractivity contribution is 6.54. The SMILES string of the molecule is CC1(C)OB(C(F)=Cc2ccccc2OCCC(F)(F)F)OC1(C)C. The molecule has 0 bridgehead atoms. The highest BCUT2D eigenvalue weighted by Gasteiger charge is 2.53. The summed E-state index contributed by atoms with van der Waals surface area (Å²) in [6.07, 6.45) is -4.23. The number of benzene rings is 1. The van der Waals surface area contributed by atoms with E-state index in [4.69, 9.17) is 14.0 Å². The first-order chi connectivity index (χ1) is 11.4. The molecule has 1 heterocycles. The van der Waals surface area contributed by atoms with Crippen LogP contribution in [-0.4, -0.2) is 31.1 Å². The Labute approximate surface area is 145 Å². The van der Waals surface area contributed by atoms with Crippen LogP contribution in [0.3, 0.4) is 0 Å². The molecule has 0 radical (unpaired) electrons. The van der Waals surface area contributed by atoms with E-state index in [0.29, 0.717) is 5.56 Å². The number of alkyl halides is 3. The van der Waals surface area contributed by atoms with Gasteiger partial charge in [-0.15, -0.1) is 0 Å². The predicted molar refractivity (Wildman–Crippen MR) is 87.8 cm³/mol. The Morgan fingerprint density at radius 1 is 1.12 bits per heavy atom. The van der Waals surface area contributed by atoms with E-state index in [2.05, 4.69) is 0 Å². The van der Waals surface area contributed by atoms with Gasteiger partial charge in [0.25, 0.3) is 0 Å². The fourth-order valence-electron chi connectivity index (χ4n) is 2.18. The topological polar surface area (TPSA) is 27.7 Å². The highest BCUT2D eigenvalue weighted by atomic mass is 19.4. The molecule has 2 rings (SSSR count). The van der Waals surface area contributed by atoms with E-state index >= 15 is 0 Å². The van der Waals surface area contributed by atoms with Crippen LogP contribution in [0, 0.1) is 0 Å². The maximum absolute atomic E-state index is 14.5. The van der Waals surface area contributed by atoms with Crippen LogP contribution in [0.15, 0.2) is 30.0 Å². The minimum absolute atomic E-state index is 0.165. The number of para-hydroxylation sites is 1. The summed E-state index contributed by atoms with van der Waals surface area (Å²) in [5, 5.41) is 0. The number of hydrogen-bond acceptors (Lipinski definition) is 3. The van der Waals surface area contributed by atoms with Crippen LogP contribution in [-0.2, 0) is 9.31 Å². The van der Waals surface area contributed by atoms with Crippen molar-refractivity contribution in [2.75, 3.05) is 6.61 Å². The summed E-state index contributed by atoms with van der Waals surface area (Å²) in [6, 6.07) is 6.28. The molecule has 0 N–H and O–H groups in total. The Hall–Kier alpha value is -1.54. The molecule has 0 atom stereocenters. The van der Waals surface area contributed by atoms with Crippen molar-refractivity contribution in [2.24, 2.45) is 0 Å². The second-order valence-electron chi connectivity index (χ2n) is 6.87. The fourth-order valence-corrected chi connectivity index (χ4v) is 2.18. The Balaban J connectivity index is 2.13. The summed E-state index contributed by atoms with van der Waals surface area (Å²) in [5.74, 6) is 0.165. The monoisotopic (exact) mass is 360 g/mol. The smallest absolute Gasteiger partial charge is 0.493 e.